The van der Waals surface area contributed by atoms with Gasteiger partial charge in [-0.3, -0.25) is 9.69 Å². The minimum Gasteiger partial charge on any atom is -0.344 e. The highest BCUT2D eigenvalue weighted by Gasteiger charge is 2.33. The molecule has 1 aromatic rings. The Hall–Kier alpha value is -1.60. The fraction of sp³-hybridized carbons (Fsp3) is 0.588. The molecule has 0 bridgehead atoms. The van der Waals surface area contributed by atoms with E-state index in [0.717, 1.165) is 31.7 Å². The molecule has 1 aliphatic heterocycles. The van der Waals surface area contributed by atoms with Gasteiger partial charge in [0.1, 0.15) is 6.04 Å². The summed E-state index contributed by atoms with van der Waals surface area (Å²) >= 11 is 0. The summed E-state index contributed by atoms with van der Waals surface area (Å²) in [7, 11) is 3.46. The summed E-state index contributed by atoms with van der Waals surface area (Å²) in [6, 6.07) is 8.75. The van der Waals surface area contributed by atoms with Crippen LogP contribution in [-0.2, 0) is 4.79 Å². The molecule has 1 heterocycles. The Labute approximate surface area is 140 Å². The van der Waals surface area contributed by atoms with Crippen LogP contribution >= 0.6 is 0 Å². The van der Waals surface area contributed by atoms with Crippen LogP contribution in [0.15, 0.2) is 30.3 Å². The molecule has 134 valence electrons. The van der Waals surface area contributed by atoms with Gasteiger partial charge in [-0.05, 0) is 12.6 Å². The Kier molecular flexibility index (Phi) is 6.23. The summed E-state index contributed by atoms with van der Waals surface area (Å²) in [6.45, 7) is 2.79. The van der Waals surface area contributed by atoms with E-state index >= 15 is 0 Å². The standard InChI is InChI=1S/C17H24F3N3O/c1-21-10-12-23(13-11-21)15(14-6-4-3-5-7-14)16(24)22(2)9-8-17(18,19)20/h3-7,15H,8-13H2,1-2H3/t15-/m1/s1. The topological polar surface area (TPSA) is 26.8 Å². The summed E-state index contributed by atoms with van der Waals surface area (Å²) in [5.41, 5.74) is 0.825. The van der Waals surface area contributed by atoms with E-state index in [-0.39, 0.29) is 12.5 Å². The van der Waals surface area contributed by atoms with Crippen LogP contribution in [0.5, 0.6) is 0 Å². The Morgan fingerprint density at radius 3 is 2.29 bits per heavy atom. The smallest absolute Gasteiger partial charge is 0.344 e. The molecule has 0 aliphatic carbocycles. The van der Waals surface area contributed by atoms with Gasteiger partial charge in [0.25, 0.3) is 0 Å². The first-order valence-electron chi connectivity index (χ1n) is 8.07. The fourth-order valence-corrected chi connectivity index (χ4v) is 2.84. The van der Waals surface area contributed by atoms with Gasteiger partial charge < -0.3 is 9.80 Å². The van der Waals surface area contributed by atoms with E-state index in [1.807, 2.05) is 37.4 Å². The molecule has 0 radical (unpaired) electrons. The molecule has 0 saturated carbocycles. The van der Waals surface area contributed by atoms with Crippen LogP contribution in [0.3, 0.4) is 0 Å². The largest absolute Gasteiger partial charge is 0.390 e. The average molecular weight is 343 g/mol. The summed E-state index contributed by atoms with van der Waals surface area (Å²) in [4.78, 5) is 18.3. The number of hydrogen-bond donors (Lipinski definition) is 0. The van der Waals surface area contributed by atoms with E-state index in [1.54, 1.807) is 0 Å². The molecule has 2 rings (SSSR count). The van der Waals surface area contributed by atoms with E-state index in [9.17, 15) is 18.0 Å². The molecule has 1 saturated heterocycles. The first-order chi connectivity index (χ1) is 11.3. The quantitative estimate of drug-likeness (QED) is 0.821. The Balaban J connectivity index is 2.14. The van der Waals surface area contributed by atoms with E-state index < -0.39 is 18.6 Å². The minimum atomic E-state index is -4.26. The van der Waals surface area contributed by atoms with Crippen LogP contribution in [-0.4, -0.2) is 73.6 Å². The van der Waals surface area contributed by atoms with Gasteiger partial charge in [0, 0.05) is 39.8 Å². The number of rotatable bonds is 5. The van der Waals surface area contributed by atoms with Crippen molar-refractivity contribution in [2.45, 2.75) is 18.6 Å². The number of carbonyl (C=O) groups excluding carboxylic acids is 1. The Morgan fingerprint density at radius 2 is 1.75 bits per heavy atom. The maximum atomic E-state index is 12.8. The third-order valence-electron chi connectivity index (χ3n) is 4.36. The number of carbonyl (C=O) groups is 1. The minimum absolute atomic E-state index is 0.282. The fourth-order valence-electron chi connectivity index (χ4n) is 2.84. The first kappa shape index (κ1) is 18.7. The van der Waals surface area contributed by atoms with Crippen molar-refractivity contribution in [2.24, 2.45) is 0 Å². The summed E-state index contributed by atoms with van der Waals surface area (Å²) < 4.78 is 37.3. The van der Waals surface area contributed by atoms with Crippen LogP contribution in [0.25, 0.3) is 0 Å². The predicted octanol–water partition coefficient (Wildman–Crippen LogP) is 2.39. The normalized spacial score (nSPS) is 18.4. The van der Waals surface area contributed by atoms with Gasteiger partial charge in [-0.1, -0.05) is 30.3 Å². The number of hydrogen-bond acceptors (Lipinski definition) is 3. The number of piperazine rings is 1. The molecule has 24 heavy (non-hydrogen) atoms. The SMILES string of the molecule is CN1CCN([C@@H](C(=O)N(C)CCC(F)(F)F)c2ccccc2)CC1. The van der Waals surface area contributed by atoms with Crippen molar-refractivity contribution >= 4 is 5.91 Å². The highest BCUT2D eigenvalue weighted by molar-refractivity contribution is 5.83. The average Bonchev–Trinajstić information content (AvgIpc) is 2.55. The number of halogens is 3. The van der Waals surface area contributed by atoms with Gasteiger partial charge >= 0.3 is 6.18 Å². The zero-order chi connectivity index (χ0) is 17.7. The molecule has 0 aromatic heterocycles. The monoisotopic (exact) mass is 343 g/mol. The molecule has 1 atom stereocenters. The second kappa shape index (κ2) is 7.98. The lowest BCUT2D eigenvalue weighted by molar-refractivity contribution is -0.147. The lowest BCUT2D eigenvalue weighted by atomic mass is 10.0. The van der Waals surface area contributed by atoms with Crippen molar-refractivity contribution in [2.75, 3.05) is 46.8 Å². The number of nitrogens with zero attached hydrogens (tertiary/aromatic N) is 3. The molecule has 1 aliphatic rings. The van der Waals surface area contributed by atoms with Gasteiger partial charge in [0.05, 0.1) is 6.42 Å². The van der Waals surface area contributed by atoms with E-state index in [0.29, 0.717) is 0 Å². The zero-order valence-corrected chi connectivity index (χ0v) is 14.1. The highest BCUT2D eigenvalue weighted by atomic mass is 19.4. The molecular formula is C17H24F3N3O. The molecule has 0 unspecified atom stereocenters. The van der Waals surface area contributed by atoms with E-state index in [1.165, 1.54) is 11.9 Å². The predicted molar refractivity (Wildman–Crippen MR) is 86.6 cm³/mol. The van der Waals surface area contributed by atoms with Crippen molar-refractivity contribution in [3.63, 3.8) is 0 Å². The van der Waals surface area contributed by atoms with E-state index in [2.05, 4.69) is 9.80 Å². The molecule has 7 heteroatoms. The summed E-state index contributed by atoms with van der Waals surface area (Å²) in [5, 5.41) is 0. The number of likely N-dealkylation sites (N-methyl/N-ethyl adjacent to an activating group) is 2. The molecule has 1 aromatic carbocycles. The number of benzene rings is 1. The van der Waals surface area contributed by atoms with Crippen molar-refractivity contribution < 1.29 is 18.0 Å². The zero-order valence-electron chi connectivity index (χ0n) is 14.1. The molecule has 0 N–H and O–H groups in total. The van der Waals surface area contributed by atoms with Crippen LogP contribution < -0.4 is 0 Å². The van der Waals surface area contributed by atoms with Crippen molar-refractivity contribution in [1.29, 1.82) is 0 Å². The second-order valence-corrected chi connectivity index (χ2v) is 6.28. The highest BCUT2D eigenvalue weighted by Crippen LogP contribution is 2.25. The van der Waals surface area contributed by atoms with Gasteiger partial charge in [0.15, 0.2) is 0 Å². The van der Waals surface area contributed by atoms with Crippen LogP contribution in [0.2, 0.25) is 0 Å². The van der Waals surface area contributed by atoms with Gasteiger partial charge in [-0.15, -0.1) is 0 Å². The summed E-state index contributed by atoms with van der Waals surface area (Å²) in [5.74, 6) is -0.282. The molecule has 0 spiro atoms. The van der Waals surface area contributed by atoms with Gasteiger partial charge in [-0.2, -0.15) is 13.2 Å². The number of amides is 1. The molecule has 4 nitrogen and oxygen atoms in total. The Bertz CT molecular complexity index is 528. The molecular weight excluding hydrogens is 319 g/mol. The van der Waals surface area contributed by atoms with Crippen LogP contribution in [0.1, 0.15) is 18.0 Å². The molecule has 1 amide bonds. The van der Waals surface area contributed by atoms with Crippen molar-refractivity contribution in [3.05, 3.63) is 35.9 Å². The second-order valence-electron chi connectivity index (χ2n) is 6.28. The lowest BCUT2D eigenvalue weighted by Crippen LogP contribution is -2.50. The third-order valence-corrected chi connectivity index (χ3v) is 4.36. The third kappa shape index (κ3) is 5.21. The van der Waals surface area contributed by atoms with Crippen molar-refractivity contribution in [1.82, 2.24) is 14.7 Å². The van der Waals surface area contributed by atoms with E-state index in [4.69, 9.17) is 0 Å². The number of alkyl halides is 3. The maximum Gasteiger partial charge on any atom is 0.390 e. The summed E-state index contributed by atoms with van der Waals surface area (Å²) in [6.07, 6.45) is -5.25. The first-order valence-corrected chi connectivity index (χ1v) is 8.07. The maximum absolute atomic E-state index is 12.8. The van der Waals surface area contributed by atoms with Crippen molar-refractivity contribution in [3.8, 4) is 0 Å². The van der Waals surface area contributed by atoms with Crippen LogP contribution in [0, 0.1) is 0 Å². The lowest BCUT2D eigenvalue weighted by Gasteiger charge is -2.38. The Morgan fingerprint density at radius 1 is 1.17 bits per heavy atom. The van der Waals surface area contributed by atoms with Crippen LogP contribution in [0.4, 0.5) is 13.2 Å². The molecule has 1 fully saturated rings. The van der Waals surface area contributed by atoms with Gasteiger partial charge in [0.2, 0.25) is 5.91 Å². The van der Waals surface area contributed by atoms with Gasteiger partial charge in [-0.25, -0.2) is 0 Å².